The third-order valence-corrected chi connectivity index (χ3v) is 5.85. The minimum absolute atomic E-state index is 0.316. The molecule has 1 aliphatic rings. The lowest BCUT2D eigenvalue weighted by atomic mass is 9.96. The van der Waals surface area contributed by atoms with Crippen molar-refractivity contribution in [2.45, 2.75) is 38.8 Å². The number of carbonyl (C=O) groups excluding carboxylic acids is 2. The van der Waals surface area contributed by atoms with Crippen molar-refractivity contribution in [3.8, 4) is 0 Å². The Balaban J connectivity index is 1.59. The summed E-state index contributed by atoms with van der Waals surface area (Å²) in [5.74, 6) is 0.113. The molecule has 166 valence electrons. The Labute approximate surface area is 188 Å². The minimum Gasteiger partial charge on any atom is -0.431 e. The van der Waals surface area contributed by atoms with E-state index in [1.807, 2.05) is 18.2 Å². The molecular weight excluding hydrogens is 414 g/mol. The van der Waals surface area contributed by atoms with Gasteiger partial charge < -0.3 is 15.0 Å². The van der Waals surface area contributed by atoms with E-state index in [9.17, 15) is 9.59 Å². The molecule has 7 heteroatoms. The van der Waals surface area contributed by atoms with Crippen molar-refractivity contribution in [3.05, 3.63) is 65.2 Å². The van der Waals surface area contributed by atoms with Crippen LogP contribution in [0.25, 0.3) is 0 Å². The second-order valence-electron chi connectivity index (χ2n) is 8.15. The number of ether oxygens (including phenoxy) is 1. The molecule has 6 nitrogen and oxygen atoms in total. The third kappa shape index (κ3) is 6.97. The van der Waals surface area contributed by atoms with Crippen molar-refractivity contribution >= 4 is 29.3 Å². The van der Waals surface area contributed by atoms with Crippen LogP contribution in [0.1, 0.15) is 38.4 Å². The molecule has 0 aliphatic carbocycles. The number of halogens is 1. The molecule has 31 heavy (non-hydrogen) atoms. The highest BCUT2D eigenvalue weighted by Crippen LogP contribution is 2.22. The molecule has 0 spiro atoms. The third-order valence-electron chi connectivity index (χ3n) is 5.60. The van der Waals surface area contributed by atoms with Crippen LogP contribution in [0.15, 0.2) is 54.6 Å². The Bertz CT molecular complexity index is 850. The van der Waals surface area contributed by atoms with Gasteiger partial charge >= 0.3 is 6.09 Å². The van der Waals surface area contributed by atoms with E-state index in [0.29, 0.717) is 34.8 Å². The molecule has 1 saturated heterocycles. The van der Waals surface area contributed by atoms with Crippen molar-refractivity contribution < 1.29 is 14.3 Å². The molecule has 2 amide bonds. The van der Waals surface area contributed by atoms with E-state index in [4.69, 9.17) is 16.3 Å². The number of amides is 2. The summed E-state index contributed by atoms with van der Waals surface area (Å²) in [6, 6.07) is 16.3. The van der Waals surface area contributed by atoms with Gasteiger partial charge in [-0.1, -0.05) is 41.9 Å². The van der Waals surface area contributed by atoms with E-state index in [0.717, 1.165) is 25.9 Å². The molecule has 0 saturated carbocycles. The summed E-state index contributed by atoms with van der Waals surface area (Å²) in [5, 5.41) is 6.20. The lowest BCUT2D eigenvalue weighted by Gasteiger charge is -2.34. The molecule has 1 aliphatic heterocycles. The van der Waals surface area contributed by atoms with E-state index in [1.165, 1.54) is 0 Å². The number of carbonyl (C=O) groups is 2. The number of anilines is 1. The Morgan fingerprint density at radius 1 is 1.06 bits per heavy atom. The Hall–Kier alpha value is -2.57. The van der Waals surface area contributed by atoms with Gasteiger partial charge in [-0.2, -0.15) is 0 Å². The number of benzene rings is 2. The second kappa shape index (κ2) is 11.2. The molecule has 2 aromatic rings. The topological polar surface area (TPSA) is 70.7 Å². The van der Waals surface area contributed by atoms with Crippen LogP contribution in [0, 0.1) is 5.92 Å². The first kappa shape index (κ1) is 23.1. The maximum Gasteiger partial charge on any atom is 0.412 e. The molecule has 2 aromatic carbocycles. The number of likely N-dealkylation sites (tertiary alicyclic amines) is 1. The summed E-state index contributed by atoms with van der Waals surface area (Å²) in [4.78, 5) is 27.8. The van der Waals surface area contributed by atoms with Crippen molar-refractivity contribution in [2.75, 3.05) is 25.0 Å². The van der Waals surface area contributed by atoms with Crippen LogP contribution in [0.2, 0.25) is 5.02 Å². The van der Waals surface area contributed by atoms with Gasteiger partial charge in [-0.15, -0.1) is 0 Å². The van der Waals surface area contributed by atoms with Crippen LogP contribution in [0.5, 0.6) is 0 Å². The standard InChI is InChI=1S/C24H30ClN3O3/c1-17(2)28-14-12-18(13-15-28)16-26-23(29)22(19-6-4-3-5-7-19)31-24(30)27-21-10-8-20(25)9-11-21/h3-11,17-18,22H,12-16H2,1-2H3,(H,26,29)(H,27,30). The first-order valence-electron chi connectivity index (χ1n) is 10.7. The van der Waals surface area contributed by atoms with Gasteiger partial charge in [0.15, 0.2) is 0 Å². The maximum absolute atomic E-state index is 12.9. The summed E-state index contributed by atoms with van der Waals surface area (Å²) < 4.78 is 5.52. The average molecular weight is 444 g/mol. The van der Waals surface area contributed by atoms with Crippen molar-refractivity contribution in [3.63, 3.8) is 0 Å². The Kier molecular flexibility index (Phi) is 8.32. The monoisotopic (exact) mass is 443 g/mol. The fourth-order valence-corrected chi connectivity index (χ4v) is 3.83. The first-order valence-corrected chi connectivity index (χ1v) is 11.1. The number of hydrogen-bond donors (Lipinski definition) is 2. The maximum atomic E-state index is 12.9. The number of hydrogen-bond acceptors (Lipinski definition) is 4. The van der Waals surface area contributed by atoms with Crippen molar-refractivity contribution in [2.24, 2.45) is 5.92 Å². The molecule has 2 N–H and O–H groups in total. The Morgan fingerprint density at radius 3 is 2.32 bits per heavy atom. The van der Waals surface area contributed by atoms with Gasteiger partial charge in [-0.25, -0.2) is 4.79 Å². The summed E-state index contributed by atoms with van der Waals surface area (Å²) >= 11 is 5.88. The highest BCUT2D eigenvalue weighted by Gasteiger charge is 2.27. The Morgan fingerprint density at radius 2 is 1.71 bits per heavy atom. The van der Waals surface area contributed by atoms with Crippen molar-refractivity contribution in [1.29, 1.82) is 0 Å². The summed E-state index contributed by atoms with van der Waals surface area (Å²) in [6.45, 7) is 7.08. The molecule has 0 radical (unpaired) electrons. The van der Waals surface area contributed by atoms with Crippen LogP contribution < -0.4 is 10.6 Å². The number of piperidine rings is 1. The highest BCUT2D eigenvalue weighted by molar-refractivity contribution is 6.30. The van der Waals surface area contributed by atoms with Gasteiger partial charge in [0.1, 0.15) is 0 Å². The number of nitrogens with one attached hydrogen (secondary N) is 2. The quantitative estimate of drug-likeness (QED) is 0.640. The average Bonchev–Trinajstić information content (AvgIpc) is 2.78. The smallest absolute Gasteiger partial charge is 0.412 e. The molecular formula is C24H30ClN3O3. The van der Waals surface area contributed by atoms with Gasteiger partial charge in [0.05, 0.1) is 0 Å². The molecule has 1 fully saturated rings. The SMILES string of the molecule is CC(C)N1CCC(CNC(=O)C(OC(=O)Nc2ccc(Cl)cc2)c2ccccc2)CC1. The van der Waals surface area contributed by atoms with E-state index < -0.39 is 12.2 Å². The fraction of sp³-hybridized carbons (Fsp3) is 0.417. The normalized spacial score (nSPS) is 16.0. The van der Waals surface area contributed by atoms with E-state index in [1.54, 1.807) is 36.4 Å². The number of rotatable bonds is 7. The van der Waals surface area contributed by atoms with Gasteiger partial charge in [-0.3, -0.25) is 10.1 Å². The van der Waals surface area contributed by atoms with Gasteiger partial charge in [0, 0.05) is 28.9 Å². The molecule has 1 atom stereocenters. The number of nitrogens with zero attached hydrogens (tertiary/aromatic N) is 1. The summed E-state index contributed by atoms with van der Waals surface area (Å²) in [5.41, 5.74) is 1.17. The zero-order valence-electron chi connectivity index (χ0n) is 18.0. The van der Waals surface area contributed by atoms with E-state index >= 15 is 0 Å². The molecule has 0 aromatic heterocycles. The lowest BCUT2D eigenvalue weighted by molar-refractivity contribution is -0.129. The largest absolute Gasteiger partial charge is 0.431 e. The van der Waals surface area contributed by atoms with Gasteiger partial charge in [-0.05, 0) is 70.0 Å². The predicted octanol–water partition coefficient (Wildman–Crippen LogP) is 4.87. The van der Waals surface area contributed by atoms with Crippen LogP contribution in [0.3, 0.4) is 0 Å². The zero-order valence-corrected chi connectivity index (χ0v) is 18.8. The lowest BCUT2D eigenvalue weighted by Crippen LogP contribution is -2.42. The first-order chi connectivity index (χ1) is 14.9. The minimum atomic E-state index is -1.02. The van der Waals surface area contributed by atoms with Crippen LogP contribution in [0.4, 0.5) is 10.5 Å². The van der Waals surface area contributed by atoms with Crippen molar-refractivity contribution in [1.82, 2.24) is 10.2 Å². The van der Waals surface area contributed by atoms with Gasteiger partial charge in [0.2, 0.25) is 6.10 Å². The highest BCUT2D eigenvalue weighted by atomic mass is 35.5. The van der Waals surface area contributed by atoms with Gasteiger partial charge in [0.25, 0.3) is 5.91 Å². The van der Waals surface area contributed by atoms with E-state index in [2.05, 4.69) is 29.4 Å². The van der Waals surface area contributed by atoms with Crippen LogP contribution in [-0.4, -0.2) is 42.6 Å². The fourth-order valence-electron chi connectivity index (χ4n) is 3.70. The van der Waals surface area contributed by atoms with E-state index in [-0.39, 0.29) is 5.91 Å². The molecule has 1 heterocycles. The van der Waals surface area contributed by atoms with Crippen LogP contribution in [-0.2, 0) is 9.53 Å². The second-order valence-corrected chi connectivity index (χ2v) is 8.58. The molecule has 3 rings (SSSR count). The zero-order chi connectivity index (χ0) is 22.2. The predicted molar refractivity (Wildman–Crippen MR) is 123 cm³/mol. The van der Waals surface area contributed by atoms with Crippen LogP contribution >= 0.6 is 11.6 Å². The summed E-state index contributed by atoms with van der Waals surface area (Å²) in [7, 11) is 0. The molecule has 1 unspecified atom stereocenters. The molecule has 0 bridgehead atoms. The summed E-state index contributed by atoms with van der Waals surface area (Å²) in [6.07, 6.45) is 0.375.